The van der Waals surface area contributed by atoms with E-state index in [0.29, 0.717) is 6.42 Å². The number of benzene rings is 2. The van der Waals surface area contributed by atoms with Crippen LogP contribution in [0.4, 0.5) is 4.79 Å². The number of carboxylic acids is 1. The van der Waals surface area contributed by atoms with Gasteiger partial charge in [-0.1, -0.05) is 54.6 Å². The number of hydrogen-bond acceptors (Lipinski definition) is 4. The number of pyridine rings is 1. The maximum atomic E-state index is 12.4. The number of aromatic nitrogens is 1. The smallest absolute Gasteiger partial charge is 0.407 e. The van der Waals surface area contributed by atoms with Crippen molar-refractivity contribution in [3.63, 3.8) is 0 Å². The molecule has 0 radical (unpaired) electrons. The second-order valence-corrected chi connectivity index (χ2v) is 7.71. The molecule has 2 aromatic carbocycles. The van der Waals surface area contributed by atoms with Crippen molar-refractivity contribution < 1.29 is 19.4 Å². The molecule has 3 aromatic rings. The number of alkyl carbamates (subject to hydrolysis) is 1. The summed E-state index contributed by atoms with van der Waals surface area (Å²) in [6.45, 7) is 2.04. The topological polar surface area (TPSA) is 88.5 Å². The van der Waals surface area contributed by atoms with E-state index < -0.39 is 18.1 Å². The number of carbonyl (C=O) groups excluding carboxylic acids is 1. The van der Waals surface area contributed by atoms with E-state index in [4.69, 9.17) is 4.74 Å². The van der Waals surface area contributed by atoms with Crippen LogP contribution in [0.2, 0.25) is 0 Å². The second-order valence-electron chi connectivity index (χ2n) is 7.71. The van der Waals surface area contributed by atoms with Gasteiger partial charge in [0.05, 0.1) is 0 Å². The van der Waals surface area contributed by atoms with Gasteiger partial charge in [0.2, 0.25) is 0 Å². The molecular formula is C25H24N2O4. The Bertz CT molecular complexity index is 1050. The highest BCUT2D eigenvalue weighted by Crippen LogP contribution is 2.44. The molecule has 1 aromatic heterocycles. The average molecular weight is 416 g/mol. The lowest BCUT2D eigenvalue weighted by atomic mass is 9.98. The van der Waals surface area contributed by atoms with Crippen LogP contribution >= 0.6 is 0 Å². The number of aryl methyl sites for hydroxylation is 2. The number of carbonyl (C=O) groups is 2. The van der Waals surface area contributed by atoms with E-state index in [2.05, 4.69) is 22.4 Å². The first-order valence-corrected chi connectivity index (χ1v) is 10.3. The molecule has 0 spiro atoms. The first-order chi connectivity index (χ1) is 15.0. The van der Waals surface area contributed by atoms with Gasteiger partial charge in [-0.2, -0.15) is 0 Å². The first-order valence-electron chi connectivity index (χ1n) is 10.3. The number of amides is 1. The minimum absolute atomic E-state index is 0.0694. The second kappa shape index (κ2) is 9.00. The molecule has 1 amide bonds. The van der Waals surface area contributed by atoms with Gasteiger partial charge in [-0.05, 0) is 53.6 Å². The number of carboxylic acid groups (broad SMARTS) is 1. The minimum atomic E-state index is -1.09. The van der Waals surface area contributed by atoms with Crippen LogP contribution in [0.25, 0.3) is 11.1 Å². The van der Waals surface area contributed by atoms with Crippen molar-refractivity contribution in [3.05, 3.63) is 89.2 Å². The molecule has 0 saturated carbocycles. The Balaban J connectivity index is 1.38. The van der Waals surface area contributed by atoms with Crippen molar-refractivity contribution in [2.75, 3.05) is 6.61 Å². The molecule has 0 fully saturated rings. The Morgan fingerprint density at radius 3 is 2.26 bits per heavy atom. The summed E-state index contributed by atoms with van der Waals surface area (Å²) < 4.78 is 5.46. The highest BCUT2D eigenvalue weighted by molar-refractivity contribution is 5.81. The zero-order valence-corrected chi connectivity index (χ0v) is 17.2. The molecule has 4 rings (SSSR count). The van der Waals surface area contributed by atoms with Crippen LogP contribution < -0.4 is 5.32 Å². The number of aliphatic carboxylic acids is 1. The Hall–Kier alpha value is -3.67. The molecule has 1 aliphatic rings. The zero-order valence-electron chi connectivity index (χ0n) is 17.2. The van der Waals surface area contributed by atoms with Gasteiger partial charge in [0.1, 0.15) is 12.6 Å². The van der Waals surface area contributed by atoms with Gasteiger partial charge in [-0.15, -0.1) is 0 Å². The van der Waals surface area contributed by atoms with Crippen molar-refractivity contribution in [3.8, 4) is 11.1 Å². The van der Waals surface area contributed by atoms with E-state index in [-0.39, 0.29) is 18.9 Å². The fraction of sp³-hybridized carbons (Fsp3) is 0.240. The first kappa shape index (κ1) is 20.6. The van der Waals surface area contributed by atoms with Gasteiger partial charge in [0.25, 0.3) is 0 Å². The molecule has 0 bridgehead atoms. The molecule has 1 atom stereocenters. The van der Waals surface area contributed by atoms with E-state index in [0.717, 1.165) is 33.5 Å². The fourth-order valence-electron chi connectivity index (χ4n) is 4.00. The van der Waals surface area contributed by atoms with Crippen molar-refractivity contribution in [2.45, 2.75) is 31.7 Å². The lowest BCUT2D eigenvalue weighted by Crippen LogP contribution is -2.41. The Morgan fingerprint density at radius 1 is 1.03 bits per heavy atom. The van der Waals surface area contributed by atoms with Gasteiger partial charge in [0.15, 0.2) is 0 Å². The third-order valence-electron chi connectivity index (χ3n) is 5.63. The van der Waals surface area contributed by atoms with Crippen LogP contribution in [0, 0.1) is 6.92 Å². The molecule has 1 heterocycles. The summed E-state index contributed by atoms with van der Waals surface area (Å²) in [4.78, 5) is 28.2. The average Bonchev–Trinajstić information content (AvgIpc) is 3.10. The third-order valence-corrected chi connectivity index (χ3v) is 5.63. The van der Waals surface area contributed by atoms with E-state index in [1.54, 1.807) is 6.20 Å². The summed E-state index contributed by atoms with van der Waals surface area (Å²) in [6, 6.07) is 18.9. The Labute approximate surface area is 180 Å². The van der Waals surface area contributed by atoms with Gasteiger partial charge >= 0.3 is 12.1 Å². The molecule has 2 N–H and O–H groups in total. The van der Waals surface area contributed by atoms with E-state index in [9.17, 15) is 14.7 Å². The third kappa shape index (κ3) is 4.58. The Morgan fingerprint density at radius 2 is 1.68 bits per heavy atom. The van der Waals surface area contributed by atoms with Gasteiger partial charge < -0.3 is 15.2 Å². The summed E-state index contributed by atoms with van der Waals surface area (Å²) in [5.74, 6) is -1.16. The number of hydrogen-bond donors (Lipinski definition) is 2. The quantitative estimate of drug-likeness (QED) is 0.599. The zero-order chi connectivity index (χ0) is 21.8. The molecule has 6 heteroatoms. The standard InChI is InChI=1S/C25H24N2O4/c1-16-10-11-17(14-26-16)12-13-23(24(28)29)27-25(30)31-15-22-20-8-4-2-6-18(20)19-7-3-5-9-21(19)22/h2-11,14,22-23H,12-13,15H2,1H3,(H,27,30)(H,28,29)/t23-/m0/s1. The molecule has 6 nitrogen and oxygen atoms in total. The molecule has 158 valence electrons. The number of nitrogens with zero attached hydrogens (tertiary/aromatic N) is 1. The van der Waals surface area contributed by atoms with Crippen LogP contribution in [0.5, 0.6) is 0 Å². The minimum Gasteiger partial charge on any atom is -0.480 e. The van der Waals surface area contributed by atoms with Gasteiger partial charge in [-0.3, -0.25) is 4.98 Å². The maximum absolute atomic E-state index is 12.4. The van der Waals surface area contributed by atoms with Crippen LogP contribution in [-0.4, -0.2) is 34.8 Å². The predicted octanol–water partition coefficient (Wildman–Crippen LogP) is 4.31. The van der Waals surface area contributed by atoms with E-state index in [1.807, 2.05) is 55.5 Å². The number of fused-ring (bicyclic) bond motifs is 3. The molecule has 0 saturated heterocycles. The molecule has 0 unspecified atom stereocenters. The maximum Gasteiger partial charge on any atom is 0.407 e. The van der Waals surface area contributed by atoms with Gasteiger partial charge in [0, 0.05) is 17.8 Å². The van der Waals surface area contributed by atoms with Crippen LogP contribution in [0.15, 0.2) is 66.9 Å². The lowest BCUT2D eigenvalue weighted by molar-refractivity contribution is -0.139. The summed E-state index contributed by atoms with van der Waals surface area (Å²) in [7, 11) is 0. The molecule has 1 aliphatic carbocycles. The highest BCUT2D eigenvalue weighted by atomic mass is 16.5. The van der Waals surface area contributed by atoms with Crippen LogP contribution in [0.3, 0.4) is 0 Å². The Kier molecular flexibility index (Phi) is 5.98. The van der Waals surface area contributed by atoms with Crippen molar-refractivity contribution in [2.24, 2.45) is 0 Å². The van der Waals surface area contributed by atoms with Crippen LogP contribution in [0.1, 0.15) is 34.7 Å². The molecule has 31 heavy (non-hydrogen) atoms. The lowest BCUT2D eigenvalue weighted by Gasteiger charge is -2.17. The summed E-state index contributed by atoms with van der Waals surface area (Å²) in [5, 5.41) is 12.0. The van der Waals surface area contributed by atoms with Crippen molar-refractivity contribution in [1.82, 2.24) is 10.3 Å². The summed E-state index contributed by atoms with van der Waals surface area (Å²) in [5.41, 5.74) is 6.32. The SMILES string of the molecule is Cc1ccc(CC[C@H](NC(=O)OCC2c3ccccc3-c3ccccc32)C(=O)O)cn1. The monoisotopic (exact) mass is 416 g/mol. The van der Waals surface area contributed by atoms with E-state index >= 15 is 0 Å². The van der Waals surface area contributed by atoms with E-state index in [1.165, 1.54) is 0 Å². The summed E-state index contributed by atoms with van der Waals surface area (Å²) in [6.07, 6.45) is 1.75. The predicted molar refractivity (Wildman–Crippen MR) is 117 cm³/mol. The number of nitrogens with one attached hydrogen (secondary N) is 1. The molecular weight excluding hydrogens is 392 g/mol. The normalized spacial score (nSPS) is 13.2. The number of rotatable bonds is 7. The van der Waals surface area contributed by atoms with Gasteiger partial charge in [-0.25, -0.2) is 9.59 Å². The summed E-state index contributed by atoms with van der Waals surface area (Å²) >= 11 is 0. The van der Waals surface area contributed by atoms with Crippen molar-refractivity contribution in [1.29, 1.82) is 0 Å². The molecule has 0 aliphatic heterocycles. The van der Waals surface area contributed by atoms with Crippen molar-refractivity contribution >= 4 is 12.1 Å². The number of ether oxygens (including phenoxy) is 1. The van der Waals surface area contributed by atoms with Crippen LogP contribution in [-0.2, 0) is 16.0 Å². The fourth-order valence-corrected chi connectivity index (χ4v) is 4.00. The largest absolute Gasteiger partial charge is 0.480 e. The highest BCUT2D eigenvalue weighted by Gasteiger charge is 2.29.